The van der Waals surface area contributed by atoms with Crippen LogP contribution in [0.15, 0.2) is 0 Å². The third-order valence-corrected chi connectivity index (χ3v) is 7.59. The Kier molecular flexibility index (Phi) is 6.38. The van der Waals surface area contributed by atoms with Crippen LogP contribution in [-0.2, 0) is 0 Å². The van der Waals surface area contributed by atoms with Crippen molar-refractivity contribution in [2.24, 2.45) is 5.41 Å². The molecule has 3 rings (SSSR count). The zero-order chi connectivity index (χ0) is 19.7. The summed E-state index contributed by atoms with van der Waals surface area (Å²) in [6, 6.07) is 1.01. The third kappa shape index (κ3) is 4.43. The van der Waals surface area contributed by atoms with Crippen LogP contribution in [0.4, 0.5) is 4.79 Å². The topological polar surface area (TPSA) is 50.9 Å². The third-order valence-electron chi connectivity index (χ3n) is 7.59. The number of nitrogens with one attached hydrogen (secondary N) is 2. The first-order valence-electron chi connectivity index (χ1n) is 10.9. The second-order valence-corrected chi connectivity index (χ2v) is 9.92. The molecule has 2 atom stereocenters. The minimum Gasteiger partial charge on any atom is -0.323 e. The van der Waals surface area contributed by atoms with E-state index in [0.29, 0.717) is 17.5 Å². The van der Waals surface area contributed by atoms with Gasteiger partial charge < -0.3 is 20.4 Å². The average molecular weight is 380 g/mol. The molecule has 1 saturated carbocycles. The van der Waals surface area contributed by atoms with Gasteiger partial charge in [-0.25, -0.2) is 4.79 Å². The summed E-state index contributed by atoms with van der Waals surface area (Å²) in [6.45, 7) is 9.73. The average Bonchev–Trinajstić information content (AvgIpc) is 3.32. The van der Waals surface area contributed by atoms with Gasteiger partial charge in [0.05, 0.1) is 0 Å². The lowest BCUT2D eigenvalue weighted by molar-refractivity contribution is 0.0306. The number of urea groups is 1. The predicted octanol–water partition coefficient (Wildman–Crippen LogP) is 1.96. The number of rotatable bonds is 5. The van der Waals surface area contributed by atoms with E-state index in [1.54, 1.807) is 0 Å². The quantitative estimate of drug-likeness (QED) is 0.767. The van der Waals surface area contributed by atoms with Crippen LogP contribution in [0, 0.1) is 5.41 Å². The van der Waals surface area contributed by atoms with Crippen LogP contribution in [0.1, 0.15) is 52.4 Å². The lowest BCUT2D eigenvalue weighted by Gasteiger charge is -2.49. The van der Waals surface area contributed by atoms with Gasteiger partial charge in [-0.3, -0.25) is 4.90 Å². The van der Waals surface area contributed by atoms with Gasteiger partial charge in [0, 0.05) is 57.4 Å². The van der Waals surface area contributed by atoms with Gasteiger partial charge in [-0.2, -0.15) is 0 Å². The molecule has 0 radical (unpaired) electrons. The number of likely N-dealkylation sites (N-methyl/N-ethyl adjacent to an activating group) is 3. The molecule has 0 aromatic rings. The van der Waals surface area contributed by atoms with E-state index in [4.69, 9.17) is 0 Å². The maximum atomic E-state index is 13.0. The van der Waals surface area contributed by atoms with E-state index in [0.717, 1.165) is 45.6 Å². The zero-order valence-corrected chi connectivity index (χ0v) is 18.2. The van der Waals surface area contributed by atoms with Crippen molar-refractivity contribution in [2.75, 3.05) is 53.9 Å². The Morgan fingerprint density at radius 1 is 1.07 bits per heavy atom. The van der Waals surface area contributed by atoms with E-state index in [1.807, 2.05) is 23.9 Å². The van der Waals surface area contributed by atoms with E-state index in [1.165, 1.54) is 25.7 Å². The molecule has 2 N–H and O–H groups in total. The van der Waals surface area contributed by atoms with Gasteiger partial charge in [0.15, 0.2) is 0 Å². The molecule has 6 nitrogen and oxygen atoms in total. The van der Waals surface area contributed by atoms with Crippen LogP contribution in [-0.4, -0.2) is 92.2 Å². The van der Waals surface area contributed by atoms with Gasteiger partial charge in [-0.1, -0.05) is 13.8 Å². The van der Waals surface area contributed by atoms with Gasteiger partial charge in [0.2, 0.25) is 0 Å². The van der Waals surface area contributed by atoms with Crippen molar-refractivity contribution in [1.29, 1.82) is 0 Å². The Morgan fingerprint density at radius 2 is 1.78 bits per heavy atom. The minimum atomic E-state index is 0.215. The first-order valence-corrected chi connectivity index (χ1v) is 10.9. The van der Waals surface area contributed by atoms with Crippen LogP contribution in [0.2, 0.25) is 0 Å². The molecule has 2 saturated heterocycles. The number of carbonyl (C=O) groups is 1. The van der Waals surface area contributed by atoms with Crippen LogP contribution >= 0.6 is 0 Å². The summed E-state index contributed by atoms with van der Waals surface area (Å²) in [6.07, 6.45) is 7.28. The number of amides is 2. The van der Waals surface area contributed by atoms with Crippen molar-refractivity contribution in [1.82, 2.24) is 25.3 Å². The van der Waals surface area contributed by atoms with E-state index in [2.05, 4.69) is 36.4 Å². The van der Waals surface area contributed by atoms with Crippen molar-refractivity contribution in [3.63, 3.8) is 0 Å². The molecule has 2 heterocycles. The zero-order valence-electron chi connectivity index (χ0n) is 18.2. The number of hydrogen-bond acceptors (Lipinski definition) is 4. The van der Waals surface area contributed by atoms with E-state index in [9.17, 15) is 4.79 Å². The van der Waals surface area contributed by atoms with Crippen molar-refractivity contribution >= 4 is 6.03 Å². The molecule has 3 aliphatic rings. The molecule has 3 fully saturated rings. The standard InChI is InChI=1S/C21H41N5O/c1-20(2)8-10-21(11-9-20,16-22-3)26-13-7-18(15-26)24(5)19(27)25-12-6-17(14-25)23-4/h17-18,22-23H,6-16H2,1-5H3/t17-,18+/m0/s1. The smallest absolute Gasteiger partial charge is 0.320 e. The molecule has 6 heteroatoms. The highest BCUT2D eigenvalue weighted by Gasteiger charge is 2.45. The highest BCUT2D eigenvalue weighted by molar-refractivity contribution is 5.75. The highest BCUT2D eigenvalue weighted by atomic mass is 16.2. The number of nitrogens with zero attached hydrogens (tertiary/aromatic N) is 3. The summed E-state index contributed by atoms with van der Waals surface area (Å²) >= 11 is 0. The summed E-state index contributed by atoms with van der Waals surface area (Å²) in [4.78, 5) is 19.7. The minimum absolute atomic E-state index is 0.215. The van der Waals surface area contributed by atoms with Crippen LogP contribution in [0.3, 0.4) is 0 Å². The van der Waals surface area contributed by atoms with E-state index < -0.39 is 0 Å². The van der Waals surface area contributed by atoms with E-state index >= 15 is 0 Å². The lowest BCUT2D eigenvalue weighted by atomic mass is 9.68. The van der Waals surface area contributed by atoms with Gasteiger partial charge in [-0.15, -0.1) is 0 Å². The first-order chi connectivity index (χ1) is 12.8. The van der Waals surface area contributed by atoms with Crippen LogP contribution in [0.5, 0.6) is 0 Å². The molecule has 2 amide bonds. The number of likely N-dealkylation sites (tertiary alicyclic amines) is 2. The monoisotopic (exact) mass is 379 g/mol. The largest absolute Gasteiger partial charge is 0.323 e. The molecule has 0 aromatic carbocycles. The van der Waals surface area contributed by atoms with E-state index in [-0.39, 0.29) is 11.6 Å². The van der Waals surface area contributed by atoms with Crippen molar-refractivity contribution in [3.05, 3.63) is 0 Å². The Morgan fingerprint density at radius 3 is 2.37 bits per heavy atom. The van der Waals surface area contributed by atoms with Crippen molar-refractivity contribution < 1.29 is 4.79 Å². The molecule has 0 unspecified atom stereocenters. The molecular weight excluding hydrogens is 338 g/mol. The fourth-order valence-electron chi connectivity index (χ4n) is 5.36. The van der Waals surface area contributed by atoms with Gasteiger partial charge in [0.1, 0.15) is 0 Å². The lowest BCUT2D eigenvalue weighted by Crippen LogP contribution is -2.57. The van der Waals surface area contributed by atoms with Gasteiger partial charge >= 0.3 is 6.03 Å². The summed E-state index contributed by atoms with van der Waals surface area (Å²) in [5.74, 6) is 0. The molecule has 0 bridgehead atoms. The second kappa shape index (κ2) is 8.26. The fourth-order valence-corrected chi connectivity index (χ4v) is 5.36. The fraction of sp³-hybridized carbons (Fsp3) is 0.952. The molecule has 0 spiro atoms. The highest BCUT2D eigenvalue weighted by Crippen LogP contribution is 2.44. The Balaban J connectivity index is 1.60. The van der Waals surface area contributed by atoms with Crippen molar-refractivity contribution in [3.8, 4) is 0 Å². The Hall–Kier alpha value is -0.850. The molecule has 1 aliphatic carbocycles. The predicted molar refractivity (Wildman–Crippen MR) is 111 cm³/mol. The summed E-state index contributed by atoms with van der Waals surface area (Å²) in [7, 11) is 6.08. The molecule has 0 aromatic heterocycles. The number of hydrogen-bond donors (Lipinski definition) is 2. The molecular formula is C21H41N5O. The first kappa shape index (κ1) is 20.9. The normalized spacial score (nSPS) is 30.6. The molecule has 156 valence electrons. The van der Waals surface area contributed by atoms with Crippen LogP contribution in [0.25, 0.3) is 0 Å². The second-order valence-electron chi connectivity index (χ2n) is 9.92. The van der Waals surface area contributed by atoms with Crippen molar-refractivity contribution in [2.45, 2.75) is 70.0 Å². The summed E-state index contributed by atoms with van der Waals surface area (Å²) in [5.41, 5.74) is 0.747. The summed E-state index contributed by atoms with van der Waals surface area (Å²) < 4.78 is 0. The van der Waals surface area contributed by atoms with Gasteiger partial charge in [0.25, 0.3) is 0 Å². The summed E-state index contributed by atoms with van der Waals surface area (Å²) in [5, 5.41) is 6.77. The maximum absolute atomic E-state index is 13.0. The Labute approximate surface area is 166 Å². The SMILES string of the molecule is CNCC1(N2CC[C@@H](N(C)C(=O)N3CC[C@H](NC)C3)C2)CCC(C)(C)CC1. The molecule has 27 heavy (non-hydrogen) atoms. The Bertz CT molecular complexity index is 513. The molecule has 2 aliphatic heterocycles. The van der Waals surface area contributed by atoms with Crippen LogP contribution < -0.4 is 10.6 Å². The maximum Gasteiger partial charge on any atom is 0.320 e. The number of carbonyl (C=O) groups excluding carboxylic acids is 1. The van der Waals surface area contributed by atoms with Gasteiger partial charge in [-0.05, 0) is 58.0 Å².